The maximum Gasteiger partial charge on any atom is 0.306 e. The van der Waals surface area contributed by atoms with E-state index in [9.17, 15) is 4.79 Å². The van der Waals surface area contributed by atoms with E-state index in [4.69, 9.17) is 16.3 Å². The van der Waals surface area contributed by atoms with E-state index in [0.29, 0.717) is 11.6 Å². The van der Waals surface area contributed by atoms with Gasteiger partial charge in [-0.25, -0.2) is 4.98 Å². The zero-order valence-electron chi connectivity index (χ0n) is 10.3. The third-order valence-electron chi connectivity index (χ3n) is 3.17. The van der Waals surface area contributed by atoms with Crippen molar-refractivity contribution in [2.75, 3.05) is 12.9 Å². The van der Waals surface area contributed by atoms with Gasteiger partial charge in [0.2, 0.25) is 0 Å². The van der Waals surface area contributed by atoms with E-state index in [0.717, 1.165) is 24.3 Å². The molecule has 1 fully saturated rings. The maximum absolute atomic E-state index is 11.3. The number of esters is 1. The number of pyridine rings is 1. The standard InChI is InChI=1S/C13H16ClNO2S/c1-17-12(16)6-13(4-5-13)9-18-8-10-2-3-11(14)15-7-10/h2-3,7H,4-6,8-9H2,1H3. The highest BCUT2D eigenvalue weighted by Crippen LogP contribution is 2.51. The number of methoxy groups -OCH3 is 1. The second kappa shape index (κ2) is 5.93. The van der Waals surface area contributed by atoms with Gasteiger partial charge in [-0.05, 0) is 35.6 Å². The van der Waals surface area contributed by atoms with Crippen molar-refractivity contribution in [1.29, 1.82) is 0 Å². The minimum atomic E-state index is -0.0961. The molecule has 1 saturated carbocycles. The third-order valence-corrected chi connectivity index (χ3v) is 4.75. The number of nitrogens with zero attached hydrogens (tertiary/aromatic N) is 1. The van der Waals surface area contributed by atoms with Gasteiger partial charge in [-0.1, -0.05) is 17.7 Å². The van der Waals surface area contributed by atoms with Crippen molar-refractivity contribution >= 4 is 29.3 Å². The van der Waals surface area contributed by atoms with Crippen LogP contribution in [0.25, 0.3) is 0 Å². The van der Waals surface area contributed by atoms with Crippen molar-refractivity contribution in [3.05, 3.63) is 29.0 Å². The van der Waals surface area contributed by atoms with Crippen LogP contribution in [0.2, 0.25) is 5.15 Å². The van der Waals surface area contributed by atoms with Crippen molar-refractivity contribution < 1.29 is 9.53 Å². The number of aromatic nitrogens is 1. The van der Waals surface area contributed by atoms with Crippen molar-refractivity contribution in [2.45, 2.75) is 25.0 Å². The molecule has 0 aromatic carbocycles. The average molecular weight is 286 g/mol. The lowest BCUT2D eigenvalue weighted by Crippen LogP contribution is -2.13. The van der Waals surface area contributed by atoms with Crippen LogP contribution >= 0.6 is 23.4 Å². The monoisotopic (exact) mass is 285 g/mol. The zero-order chi connectivity index (χ0) is 13.0. The molecule has 0 amide bonds. The van der Waals surface area contributed by atoms with Crippen LogP contribution in [-0.4, -0.2) is 23.8 Å². The molecular formula is C13H16ClNO2S. The van der Waals surface area contributed by atoms with Gasteiger partial charge in [-0.15, -0.1) is 0 Å². The Hall–Kier alpha value is -0.740. The Labute approximate surface area is 116 Å². The minimum Gasteiger partial charge on any atom is -0.469 e. The molecule has 2 rings (SSSR count). The first-order chi connectivity index (χ1) is 8.63. The second-order valence-electron chi connectivity index (χ2n) is 4.73. The minimum absolute atomic E-state index is 0.0961. The topological polar surface area (TPSA) is 39.2 Å². The fourth-order valence-corrected chi connectivity index (χ4v) is 3.25. The Morgan fingerprint density at radius 3 is 2.89 bits per heavy atom. The quantitative estimate of drug-likeness (QED) is 0.594. The van der Waals surface area contributed by atoms with E-state index >= 15 is 0 Å². The van der Waals surface area contributed by atoms with Gasteiger partial charge in [0, 0.05) is 11.9 Å². The summed E-state index contributed by atoms with van der Waals surface area (Å²) < 4.78 is 4.73. The molecule has 0 radical (unpaired) electrons. The lowest BCUT2D eigenvalue weighted by Gasteiger charge is -2.12. The molecule has 1 aliphatic rings. The molecule has 0 spiro atoms. The van der Waals surface area contributed by atoms with Crippen molar-refractivity contribution in [3.63, 3.8) is 0 Å². The average Bonchev–Trinajstić information content (AvgIpc) is 3.11. The first-order valence-corrected chi connectivity index (χ1v) is 7.42. The summed E-state index contributed by atoms with van der Waals surface area (Å²) in [5, 5.41) is 0.521. The van der Waals surface area contributed by atoms with Gasteiger partial charge in [0.1, 0.15) is 5.15 Å². The van der Waals surface area contributed by atoms with E-state index < -0.39 is 0 Å². The summed E-state index contributed by atoms with van der Waals surface area (Å²) in [5.74, 6) is 1.82. The Morgan fingerprint density at radius 2 is 2.33 bits per heavy atom. The number of hydrogen-bond donors (Lipinski definition) is 0. The number of ether oxygens (including phenoxy) is 1. The van der Waals surface area contributed by atoms with Gasteiger partial charge in [0.15, 0.2) is 0 Å². The predicted molar refractivity (Wildman–Crippen MR) is 73.7 cm³/mol. The SMILES string of the molecule is COC(=O)CC1(CSCc2ccc(Cl)nc2)CC1. The number of halogens is 1. The summed E-state index contributed by atoms with van der Waals surface area (Å²) in [6.07, 6.45) is 4.62. The molecule has 1 aliphatic carbocycles. The number of thioether (sulfide) groups is 1. The highest BCUT2D eigenvalue weighted by molar-refractivity contribution is 7.98. The van der Waals surface area contributed by atoms with Gasteiger partial charge in [0.05, 0.1) is 13.5 Å². The molecule has 0 N–H and O–H groups in total. The normalized spacial score (nSPS) is 16.3. The molecule has 5 heteroatoms. The molecule has 1 aromatic heterocycles. The van der Waals surface area contributed by atoms with Gasteiger partial charge in [0.25, 0.3) is 0 Å². The number of rotatable bonds is 6. The zero-order valence-corrected chi connectivity index (χ0v) is 11.9. The molecule has 0 bridgehead atoms. The van der Waals surface area contributed by atoms with Gasteiger partial charge < -0.3 is 4.74 Å². The molecule has 3 nitrogen and oxygen atoms in total. The fraction of sp³-hybridized carbons (Fsp3) is 0.538. The van der Waals surface area contributed by atoms with Crippen LogP contribution in [0.3, 0.4) is 0 Å². The lowest BCUT2D eigenvalue weighted by molar-refractivity contribution is -0.141. The summed E-state index contributed by atoms with van der Waals surface area (Å²) >= 11 is 7.58. The molecular weight excluding hydrogens is 270 g/mol. The van der Waals surface area contributed by atoms with Crippen LogP contribution in [0, 0.1) is 5.41 Å². The first-order valence-electron chi connectivity index (χ1n) is 5.89. The Morgan fingerprint density at radius 1 is 1.56 bits per heavy atom. The van der Waals surface area contributed by atoms with Crippen LogP contribution in [0.4, 0.5) is 0 Å². The van der Waals surface area contributed by atoms with Gasteiger partial charge in [-0.3, -0.25) is 4.79 Å². The van der Waals surface area contributed by atoms with E-state index in [2.05, 4.69) is 4.98 Å². The van der Waals surface area contributed by atoms with E-state index in [1.54, 1.807) is 12.3 Å². The van der Waals surface area contributed by atoms with Crippen molar-refractivity contribution in [3.8, 4) is 0 Å². The molecule has 98 valence electrons. The first kappa shape index (κ1) is 13.7. The largest absolute Gasteiger partial charge is 0.469 e. The summed E-state index contributed by atoms with van der Waals surface area (Å²) in [4.78, 5) is 15.3. The third kappa shape index (κ3) is 3.89. The van der Waals surface area contributed by atoms with Crippen LogP contribution in [0.5, 0.6) is 0 Å². The smallest absolute Gasteiger partial charge is 0.306 e. The van der Waals surface area contributed by atoms with Gasteiger partial charge >= 0.3 is 5.97 Å². The molecule has 0 aliphatic heterocycles. The van der Waals surface area contributed by atoms with Crippen LogP contribution in [0.15, 0.2) is 18.3 Å². The Bertz CT molecular complexity index is 418. The molecule has 1 heterocycles. The molecule has 0 saturated heterocycles. The summed E-state index contributed by atoms with van der Waals surface area (Å²) in [6.45, 7) is 0. The molecule has 18 heavy (non-hydrogen) atoms. The van der Waals surface area contributed by atoms with Crippen molar-refractivity contribution in [1.82, 2.24) is 4.98 Å². The summed E-state index contributed by atoms with van der Waals surface area (Å²) in [5.41, 5.74) is 1.36. The highest BCUT2D eigenvalue weighted by Gasteiger charge is 2.44. The molecule has 0 atom stereocenters. The maximum atomic E-state index is 11.3. The fourth-order valence-electron chi connectivity index (χ4n) is 1.80. The van der Waals surface area contributed by atoms with Gasteiger partial charge in [-0.2, -0.15) is 11.8 Å². The highest BCUT2D eigenvalue weighted by atomic mass is 35.5. The molecule has 1 aromatic rings. The van der Waals surface area contributed by atoms with Crippen LogP contribution < -0.4 is 0 Å². The van der Waals surface area contributed by atoms with Crippen LogP contribution in [0.1, 0.15) is 24.8 Å². The number of carbonyl (C=O) groups is 1. The van der Waals surface area contributed by atoms with E-state index in [1.165, 1.54) is 12.7 Å². The van der Waals surface area contributed by atoms with Crippen LogP contribution in [-0.2, 0) is 15.3 Å². The predicted octanol–water partition coefficient (Wildman–Crippen LogP) is 3.31. The second-order valence-corrected chi connectivity index (χ2v) is 6.11. The summed E-state index contributed by atoms with van der Waals surface area (Å²) in [7, 11) is 1.45. The van der Waals surface area contributed by atoms with Crippen molar-refractivity contribution in [2.24, 2.45) is 5.41 Å². The Kier molecular flexibility index (Phi) is 4.51. The molecule has 0 unspecified atom stereocenters. The Balaban J connectivity index is 1.75. The lowest BCUT2D eigenvalue weighted by atomic mass is 10.1. The summed E-state index contributed by atoms with van der Waals surface area (Å²) in [6, 6.07) is 3.79. The number of carbonyl (C=O) groups excluding carboxylic acids is 1. The number of hydrogen-bond acceptors (Lipinski definition) is 4. The van der Waals surface area contributed by atoms with E-state index in [1.807, 2.05) is 17.8 Å². The van der Waals surface area contributed by atoms with E-state index in [-0.39, 0.29) is 11.4 Å².